The molecule has 0 radical (unpaired) electrons. The molecule has 0 spiro atoms. The summed E-state index contributed by atoms with van der Waals surface area (Å²) in [6, 6.07) is 0. The molecule has 14 heavy (non-hydrogen) atoms. The smallest absolute Gasteiger partial charge is 0.233 e. The number of amides is 1. The lowest BCUT2D eigenvalue weighted by molar-refractivity contribution is -0.120. The number of nitrogens with one attached hydrogen (secondary N) is 1. The first-order valence-corrected chi connectivity index (χ1v) is 7.24. The molecule has 1 rings (SSSR count). The number of carbonyl (C=O) groups excluding carboxylic acids is 1. The number of rotatable bonds is 4. The number of carbonyl (C=O) groups is 1. The van der Waals surface area contributed by atoms with Crippen molar-refractivity contribution in [1.29, 1.82) is 0 Å². The van der Waals surface area contributed by atoms with Crippen LogP contribution in [0.2, 0.25) is 0 Å². The molecule has 0 saturated carbocycles. The molecule has 1 N–H and O–H groups in total. The molecule has 1 fully saturated rings. The summed E-state index contributed by atoms with van der Waals surface area (Å²) in [5, 5.41) is 3.21. The number of hydrogen-bond donors (Lipinski definition) is 1. The van der Waals surface area contributed by atoms with Crippen LogP contribution in [-0.4, -0.2) is 28.3 Å². The van der Waals surface area contributed by atoms with Gasteiger partial charge in [-0.3, -0.25) is 4.79 Å². The van der Waals surface area contributed by atoms with Crippen molar-refractivity contribution in [2.24, 2.45) is 0 Å². The van der Waals surface area contributed by atoms with Gasteiger partial charge in [0.25, 0.3) is 0 Å². The van der Waals surface area contributed by atoms with Crippen LogP contribution >= 0.6 is 27.7 Å². The average Bonchev–Trinajstić information content (AvgIpc) is 2.26. The quantitative estimate of drug-likeness (QED) is 0.802. The second-order valence-electron chi connectivity index (χ2n) is 3.61. The summed E-state index contributed by atoms with van der Waals surface area (Å²) in [6.45, 7) is 2.87. The largest absolute Gasteiger partial charge is 0.354 e. The highest BCUT2D eigenvalue weighted by Crippen LogP contribution is 2.24. The fourth-order valence-electron chi connectivity index (χ4n) is 1.42. The molecule has 1 amide bonds. The van der Waals surface area contributed by atoms with Gasteiger partial charge in [0.2, 0.25) is 5.91 Å². The van der Waals surface area contributed by atoms with Crippen LogP contribution in [-0.2, 0) is 4.79 Å². The topological polar surface area (TPSA) is 29.1 Å². The van der Waals surface area contributed by atoms with Gasteiger partial charge in [0, 0.05) is 11.4 Å². The van der Waals surface area contributed by atoms with Gasteiger partial charge in [-0.25, -0.2) is 0 Å². The summed E-state index contributed by atoms with van der Waals surface area (Å²) in [5.41, 5.74) is 0. The van der Waals surface area contributed by atoms with Crippen molar-refractivity contribution in [2.45, 2.75) is 42.7 Å². The maximum atomic E-state index is 11.7. The molecule has 1 heterocycles. The van der Waals surface area contributed by atoms with Crippen LogP contribution in [0.15, 0.2) is 0 Å². The molecule has 1 saturated heterocycles. The summed E-state index contributed by atoms with van der Waals surface area (Å²) < 4.78 is 0. The minimum Gasteiger partial charge on any atom is -0.354 e. The van der Waals surface area contributed by atoms with Crippen molar-refractivity contribution in [3.8, 4) is 0 Å². The lowest BCUT2D eigenvalue weighted by Crippen LogP contribution is -2.37. The van der Waals surface area contributed by atoms with Crippen LogP contribution < -0.4 is 5.32 Å². The molecule has 0 aromatic heterocycles. The molecule has 0 aromatic rings. The summed E-state index contributed by atoms with van der Waals surface area (Å²) in [6.07, 6.45) is 4.58. The van der Waals surface area contributed by atoms with Crippen molar-refractivity contribution in [3.05, 3.63) is 0 Å². The molecule has 2 atom stereocenters. The molecular formula is C10H18BrNOS. The second-order valence-corrected chi connectivity index (χ2v) is 6.21. The van der Waals surface area contributed by atoms with Gasteiger partial charge in [-0.2, -0.15) is 0 Å². The van der Waals surface area contributed by atoms with Gasteiger partial charge in [0.1, 0.15) is 0 Å². The van der Waals surface area contributed by atoms with Crippen molar-refractivity contribution < 1.29 is 4.79 Å². The maximum absolute atomic E-state index is 11.7. The fraction of sp³-hybridized carbons (Fsp3) is 0.900. The Bertz CT molecular complexity index is 183. The van der Waals surface area contributed by atoms with E-state index in [0.717, 1.165) is 25.1 Å². The first kappa shape index (κ1) is 12.4. The molecule has 82 valence electrons. The Morgan fingerprint density at radius 2 is 2.43 bits per heavy atom. The first-order chi connectivity index (χ1) is 6.74. The highest BCUT2D eigenvalue weighted by molar-refractivity contribution is 9.09. The predicted octanol–water partition coefficient (Wildman–Crippen LogP) is 2.56. The van der Waals surface area contributed by atoms with Gasteiger partial charge in [0.15, 0.2) is 0 Å². The van der Waals surface area contributed by atoms with Crippen molar-refractivity contribution in [3.63, 3.8) is 0 Å². The third-order valence-corrected chi connectivity index (χ3v) is 4.76. The zero-order valence-corrected chi connectivity index (χ0v) is 11.0. The fourth-order valence-corrected chi connectivity index (χ4v) is 2.80. The Balaban J connectivity index is 2.19. The third-order valence-electron chi connectivity index (χ3n) is 2.41. The number of hydrogen-bond acceptors (Lipinski definition) is 2. The number of alkyl halides is 1. The Morgan fingerprint density at radius 1 is 1.64 bits per heavy atom. The summed E-state index contributed by atoms with van der Waals surface area (Å²) in [5.74, 6) is 1.37. The van der Waals surface area contributed by atoms with Crippen molar-refractivity contribution in [2.75, 3.05) is 12.3 Å². The standard InChI is InChI=1S/C10H18BrNOS/c1-2-8(11)7-12-10(13)9-5-3-4-6-14-9/h8-9H,2-7H2,1H3,(H,12,13). The van der Waals surface area contributed by atoms with E-state index in [2.05, 4.69) is 28.2 Å². The molecule has 0 aromatic carbocycles. The van der Waals surface area contributed by atoms with Gasteiger partial charge in [-0.15, -0.1) is 11.8 Å². The SMILES string of the molecule is CCC(Br)CNC(=O)C1CCCCS1. The van der Waals surface area contributed by atoms with E-state index in [0.29, 0.717) is 4.83 Å². The van der Waals surface area contributed by atoms with Crippen LogP contribution in [0, 0.1) is 0 Å². The van der Waals surface area contributed by atoms with Crippen LogP contribution in [0.4, 0.5) is 0 Å². The van der Waals surface area contributed by atoms with Crippen LogP contribution in [0.1, 0.15) is 32.6 Å². The van der Waals surface area contributed by atoms with E-state index < -0.39 is 0 Å². The molecule has 2 nitrogen and oxygen atoms in total. The van der Waals surface area contributed by atoms with E-state index in [9.17, 15) is 4.79 Å². The third kappa shape index (κ3) is 4.22. The minimum atomic E-state index is 0.209. The molecule has 0 bridgehead atoms. The van der Waals surface area contributed by atoms with Gasteiger partial charge in [0.05, 0.1) is 5.25 Å². The lowest BCUT2D eigenvalue weighted by Gasteiger charge is -2.21. The number of halogens is 1. The second kappa shape index (κ2) is 6.72. The van der Waals surface area contributed by atoms with Gasteiger partial charge < -0.3 is 5.32 Å². The van der Waals surface area contributed by atoms with Crippen LogP contribution in [0.5, 0.6) is 0 Å². The van der Waals surface area contributed by atoms with Gasteiger partial charge >= 0.3 is 0 Å². The minimum absolute atomic E-state index is 0.209. The Morgan fingerprint density at radius 3 is 3.00 bits per heavy atom. The zero-order chi connectivity index (χ0) is 10.4. The highest BCUT2D eigenvalue weighted by Gasteiger charge is 2.21. The van der Waals surface area contributed by atoms with E-state index in [1.807, 2.05) is 0 Å². The van der Waals surface area contributed by atoms with E-state index in [-0.39, 0.29) is 11.2 Å². The molecule has 0 aliphatic carbocycles. The zero-order valence-electron chi connectivity index (χ0n) is 8.59. The normalized spacial score (nSPS) is 24.3. The Kier molecular flexibility index (Phi) is 5.94. The molecule has 1 aliphatic heterocycles. The van der Waals surface area contributed by atoms with Gasteiger partial charge in [-0.1, -0.05) is 29.3 Å². The molecule has 4 heteroatoms. The lowest BCUT2D eigenvalue weighted by atomic mass is 10.2. The average molecular weight is 280 g/mol. The Hall–Kier alpha value is 0.300. The summed E-state index contributed by atoms with van der Waals surface area (Å²) in [4.78, 5) is 12.1. The van der Waals surface area contributed by atoms with E-state index >= 15 is 0 Å². The molecular weight excluding hydrogens is 262 g/mol. The highest BCUT2D eigenvalue weighted by atomic mass is 79.9. The molecule has 2 unspecified atom stereocenters. The Labute approximate surface area is 98.7 Å². The summed E-state index contributed by atoms with van der Waals surface area (Å²) >= 11 is 5.31. The maximum Gasteiger partial charge on any atom is 0.233 e. The number of thioether (sulfide) groups is 1. The van der Waals surface area contributed by atoms with E-state index in [1.54, 1.807) is 11.8 Å². The van der Waals surface area contributed by atoms with E-state index in [4.69, 9.17) is 0 Å². The van der Waals surface area contributed by atoms with Gasteiger partial charge in [-0.05, 0) is 25.0 Å². The van der Waals surface area contributed by atoms with Crippen molar-refractivity contribution >= 4 is 33.6 Å². The van der Waals surface area contributed by atoms with E-state index in [1.165, 1.54) is 12.8 Å². The van der Waals surface area contributed by atoms with Crippen LogP contribution in [0.25, 0.3) is 0 Å². The monoisotopic (exact) mass is 279 g/mol. The van der Waals surface area contributed by atoms with Crippen LogP contribution in [0.3, 0.4) is 0 Å². The molecule has 1 aliphatic rings. The first-order valence-electron chi connectivity index (χ1n) is 5.27. The van der Waals surface area contributed by atoms with Crippen molar-refractivity contribution in [1.82, 2.24) is 5.32 Å². The summed E-state index contributed by atoms with van der Waals surface area (Å²) in [7, 11) is 0. The predicted molar refractivity (Wildman–Crippen MR) is 66.1 cm³/mol.